The molecule has 2 aromatic rings. The number of hydrogen-bond donors (Lipinski definition) is 1. The molecule has 0 saturated carbocycles. The fourth-order valence-electron chi connectivity index (χ4n) is 4.27. The van der Waals surface area contributed by atoms with E-state index in [4.69, 9.17) is 9.47 Å². The Kier molecular flexibility index (Phi) is 8.87. The molecule has 35 heavy (non-hydrogen) atoms. The highest BCUT2D eigenvalue weighted by molar-refractivity contribution is 5.98. The van der Waals surface area contributed by atoms with E-state index in [1.54, 1.807) is 49.1 Å². The smallest absolute Gasteiger partial charge is 0.257 e. The standard InChI is InChI=1S/C27H35N3O5/c1-18-15-30(20(3)31)19(2)17-35-24-14-22(28-26(32)13-21-9-7-6-8-10-21)11-12-23(24)27(33)29(4)16-25(18)34-5/h6-12,14,18-19,25H,13,15-17H2,1-5H3,(H,28,32)/t18-,19+,25-/m0/s1. The predicted molar refractivity (Wildman–Crippen MR) is 134 cm³/mol. The third-order valence-corrected chi connectivity index (χ3v) is 6.34. The van der Waals surface area contributed by atoms with Gasteiger partial charge in [-0.3, -0.25) is 14.4 Å². The highest BCUT2D eigenvalue weighted by atomic mass is 16.5. The summed E-state index contributed by atoms with van der Waals surface area (Å²) in [5, 5.41) is 2.88. The molecule has 0 radical (unpaired) electrons. The number of nitrogens with zero attached hydrogens (tertiary/aromatic N) is 2. The number of hydrogen-bond acceptors (Lipinski definition) is 5. The van der Waals surface area contributed by atoms with E-state index in [1.807, 2.05) is 44.2 Å². The van der Waals surface area contributed by atoms with Crippen LogP contribution < -0.4 is 10.1 Å². The predicted octanol–water partition coefficient (Wildman–Crippen LogP) is 3.22. The Hall–Kier alpha value is -3.39. The lowest BCUT2D eigenvalue weighted by molar-refractivity contribution is -0.133. The molecule has 188 valence electrons. The van der Waals surface area contributed by atoms with E-state index in [0.717, 1.165) is 5.56 Å². The van der Waals surface area contributed by atoms with Gasteiger partial charge in [-0.1, -0.05) is 37.3 Å². The van der Waals surface area contributed by atoms with Crippen LogP contribution in [0.2, 0.25) is 0 Å². The molecular weight excluding hydrogens is 446 g/mol. The Morgan fingerprint density at radius 3 is 2.49 bits per heavy atom. The number of carbonyl (C=O) groups excluding carboxylic acids is 3. The van der Waals surface area contributed by atoms with Crippen molar-refractivity contribution in [3.63, 3.8) is 0 Å². The second-order valence-electron chi connectivity index (χ2n) is 9.19. The van der Waals surface area contributed by atoms with Crippen LogP contribution in [0.4, 0.5) is 5.69 Å². The van der Waals surface area contributed by atoms with Crippen LogP contribution >= 0.6 is 0 Å². The lowest BCUT2D eigenvalue weighted by atomic mass is 10.0. The summed E-state index contributed by atoms with van der Waals surface area (Å²) >= 11 is 0. The second kappa shape index (κ2) is 11.8. The van der Waals surface area contributed by atoms with Crippen molar-refractivity contribution < 1.29 is 23.9 Å². The van der Waals surface area contributed by atoms with Gasteiger partial charge in [-0.05, 0) is 24.6 Å². The summed E-state index contributed by atoms with van der Waals surface area (Å²) in [5.74, 6) is -0.0414. The minimum atomic E-state index is -0.238. The maximum atomic E-state index is 13.3. The molecule has 3 rings (SSSR count). The first kappa shape index (κ1) is 26.2. The van der Waals surface area contributed by atoms with Crippen LogP contribution in [0.3, 0.4) is 0 Å². The molecule has 8 heteroatoms. The zero-order valence-electron chi connectivity index (χ0n) is 21.1. The highest BCUT2D eigenvalue weighted by Gasteiger charge is 2.29. The molecule has 0 spiro atoms. The van der Waals surface area contributed by atoms with E-state index in [2.05, 4.69) is 5.32 Å². The van der Waals surface area contributed by atoms with Crippen molar-refractivity contribution in [2.45, 2.75) is 39.3 Å². The molecule has 3 atom stereocenters. The van der Waals surface area contributed by atoms with Crippen molar-refractivity contribution in [2.24, 2.45) is 5.92 Å². The highest BCUT2D eigenvalue weighted by Crippen LogP contribution is 2.27. The number of anilines is 1. The maximum Gasteiger partial charge on any atom is 0.257 e. The van der Waals surface area contributed by atoms with Crippen molar-refractivity contribution in [2.75, 3.05) is 39.2 Å². The molecule has 0 unspecified atom stereocenters. The third-order valence-electron chi connectivity index (χ3n) is 6.34. The lowest BCUT2D eigenvalue weighted by Gasteiger charge is -2.35. The molecule has 0 saturated heterocycles. The van der Waals surface area contributed by atoms with E-state index in [0.29, 0.717) is 30.1 Å². The van der Waals surface area contributed by atoms with E-state index >= 15 is 0 Å². The first-order valence-electron chi connectivity index (χ1n) is 11.9. The largest absolute Gasteiger partial charge is 0.491 e. The van der Waals surface area contributed by atoms with Crippen molar-refractivity contribution in [1.82, 2.24) is 9.80 Å². The molecule has 1 N–H and O–H groups in total. The number of ether oxygens (including phenoxy) is 2. The Labute approximate surface area is 207 Å². The van der Waals surface area contributed by atoms with Gasteiger partial charge in [-0.2, -0.15) is 0 Å². The summed E-state index contributed by atoms with van der Waals surface area (Å²) in [7, 11) is 3.34. The molecule has 3 amide bonds. The van der Waals surface area contributed by atoms with E-state index in [1.165, 1.54) is 0 Å². The van der Waals surface area contributed by atoms with E-state index in [-0.39, 0.29) is 48.8 Å². The minimum absolute atomic E-state index is 0.0164. The molecule has 1 heterocycles. The topological polar surface area (TPSA) is 88.2 Å². The van der Waals surface area contributed by atoms with Gasteiger partial charge >= 0.3 is 0 Å². The van der Waals surface area contributed by atoms with Gasteiger partial charge in [0.05, 0.1) is 24.1 Å². The SMILES string of the molecule is CO[C@H]1CN(C)C(=O)c2ccc(NC(=O)Cc3ccccc3)cc2OC[C@@H](C)N(C(C)=O)C[C@@H]1C. The summed E-state index contributed by atoms with van der Waals surface area (Å²) < 4.78 is 11.8. The Morgan fingerprint density at radius 1 is 1.11 bits per heavy atom. The minimum Gasteiger partial charge on any atom is -0.491 e. The number of likely N-dealkylation sites (N-methyl/N-ethyl adjacent to an activating group) is 1. The van der Waals surface area contributed by atoms with Crippen molar-refractivity contribution in [3.05, 3.63) is 59.7 Å². The molecule has 1 aliphatic rings. The first-order chi connectivity index (χ1) is 16.7. The van der Waals surface area contributed by atoms with E-state index < -0.39 is 0 Å². The summed E-state index contributed by atoms with van der Waals surface area (Å²) in [6.45, 7) is 6.53. The summed E-state index contributed by atoms with van der Waals surface area (Å²) in [6, 6.07) is 14.3. The van der Waals surface area contributed by atoms with Gasteiger partial charge in [-0.25, -0.2) is 0 Å². The molecule has 8 nitrogen and oxygen atoms in total. The molecule has 2 aromatic carbocycles. The average Bonchev–Trinajstić information content (AvgIpc) is 2.83. The van der Waals surface area contributed by atoms with Gasteiger partial charge in [0.25, 0.3) is 5.91 Å². The Bertz CT molecular complexity index is 1040. The number of methoxy groups -OCH3 is 1. The quantitative estimate of drug-likeness (QED) is 0.725. The fourth-order valence-corrected chi connectivity index (χ4v) is 4.27. The van der Waals surface area contributed by atoms with Crippen molar-refractivity contribution >= 4 is 23.4 Å². The molecular formula is C27H35N3O5. The van der Waals surface area contributed by atoms with Crippen molar-refractivity contribution in [1.29, 1.82) is 0 Å². The van der Waals surface area contributed by atoms with Gasteiger partial charge in [-0.15, -0.1) is 0 Å². The Morgan fingerprint density at radius 2 is 1.83 bits per heavy atom. The zero-order valence-corrected chi connectivity index (χ0v) is 21.1. The number of fused-ring (bicyclic) bond motifs is 1. The molecule has 0 aliphatic carbocycles. The van der Waals surface area contributed by atoms with Gasteiger partial charge in [0.2, 0.25) is 11.8 Å². The van der Waals surface area contributed by atoms with Gasteiger partial charge in [0.15, 0.2) is 0 Å². The van der Waals surface area contributed by atoms with Gasteiger partial charge in [0, 0.05) is 51.8 Å². The van der Waals surface area contributed by atoms with Crippen LogP contribution in [-0.2, 0) is 20.7 Å². The summed E-state index contributed by atoms with van der Waals surface area (Å²) in [6.07, 6.45) is 0.0000990. The third kappa shape index (κ3) is 6.82. The maximum absolute atomic E-state index is 13.3. The van der Waals surface area contributed by atoms with Crippen LogP contribution in [0.15, 0.2) is 48.5 Å². The normalized spacial score (nSPS) is 21.3. The number of benzene rings is 2. The molecule has 0 fully saturated rings. The number of amides is 3. The summed E-state index contributed by atoms with van der Waals surface area (Å²) in [4.78, 5) is 41.6. The van der Waals surface area contributed by atoms with Crippen LogP contribution in [-0.4, -0.2) is 73.5 Å². The lowest BCUT2D eigenvalue weighted by Crippen LogP contribution is -2.48. The number of carbonyl (C=O) groups is 3. The molecule has 0 aromatic heterocycles. The monoisotopic (exact) mass is 481 g/mol. The van der Waals surface area contributed by atoms with Gasteiger partial charge < -0.3 is 24.6 Å². The second-order valence-corrected chi connectivity index (χ2v) is 9.19. The average molecular weight is 482 g/mol. The first-order valence-corrected chi connectivity index (χ1v) is 11.9. The van der Waals surface area contributed by atoms with Crippen LogP contribution in [0.5, 0.6) is 5.75 Å². The number of rotatable bonds is 4. The molecule has 0 bridgehead atoms. The Balaban J connectivity index is 1.88. The molecule has 1 aliphatic heterocycles. The van der Waals surface area contributed by atoms with Gasteiger partial charge in [0.1, 0.15) is 12.4 Å². The van der Waals surface area contributed by atoms with Crippen LogP contribution in [0.25, 0.3) is 0 Å². The van der Waals surface area contributed by atoms with Crippen LogP contribution in [0.1, 0.15) is 36.7 Å². The zero-order chi connectivity index (χ0) is 25.5. The fraction of sp³-hybridized carbons (Fsp3) is 0.444. The summed E-state index contributed by atoms with van der Waals surface area (Å²) in [5.41, 5.74) is 1.83. The number of nitrogens with one attached hydrogen (secondary N) is 1. The van der Waals surface area contributed by atoms with Crippen molar-refractivity contribution in [3.8, 4) is 5.75 Å². The van der Waals surface area contributed by atoms with Crippen LogP contribution in [0, 0.1) is 5.92 Å². The van der Waals surface area contributed by atoms with E-state index in [9.17, 15) is 14.4 Å².